The lowest BCUT2D eigenvalue weighted by atomic mass is 9.54. The van der Waals surface area contributed by atoms with Crippen molar-refractivity contribution in [1.29, 1.82) is 0 Å². The first-order chi connectivity index (χ1) is 13.0. The number of allylic oxidation sites excluding steroid dienone is 1. The molecule has 0 amide bonds. The van der Waals surface area contributed by atoms with Crippen molar-refractivity contribution >= 4 is 14.1 Å². The summed E-state index contributed by atoms with van der Waals surface area (Å²) in [5, 5.41) is 11.5. The zero-order valence-corrected chi connectivity index (χ0v) is 20.6. The van der Waals surface area contributed by atoms with E-state index in [1.54, 1.807) is 12.2 Å². The number of fused-ring (bicyclic) bond motifs is 2. The SMILES string of the molecule is C=CC(C)(C=C)C(O)[C@@]12CO[C@@](C)(C1=O)[C@@H](O[Si](C)(C)C(C)(C)C)C[C@@H]2C(=C)C. The van der Waals surface area contributed by atoms with E-state index >= 15 is 0 Å². The molecule has 164 valence electrons. The normalized spacial score (nSPS) is 34.0. The van der Waals surface area contributed by atoms with Crippen LogP contribution in [0.1, 0.15) is 48.0 Å². The molecule has 0 radical (unpaired) electrons. The van der Waals surface area contributed by atoms with Gasteiger partial charge in [-0.15, -0.1) is 13.2 Å². The lowest BCUT2D eigenvalue weighted by molar-refractivity contribution is -0.158. The summed E-state index contributed by atoms with van der Waals surface area (Å²) in [6.07, 6.45) is 2.56. The van der Waals surface area contributed by atoms with Gasteiger partial charge in [0.15, 0.2) is 14.1 Å². The van der Waals surface area contributed by atoms with Crippen LogP contribution in [0.3, 0.4) is 0 Å². The molecule has 4 nitrogen and oxygen atoms in total. The molecule has 0 aromatic carbocycles. The van der Waals surface area contributed by atoms with Crippen molar-refractivity contribution in [3.05, 3.63) is 37.5 Å². The molecule has 2 fully saturated rings. The molecule has 1 saturated carbocycles. The highest BCUT2D eigenvalue weighted by atomic mass is 28.4. The van der Waals surface area contributed by atoms with E-state index in [1.807, 2.05) is 20.8 Å². The van der Waals surface area contributed by atoms with Crippen molar-refractivity contribution in [1.82, 2.24) is 0 Å². The van der Waals surface area contributed by atoms with Gasteiger partial charge in [-0.05, 0) is 44.3 Å². The third-order valence-corrected chi connectivity index (χ3v) is 12.5. The lowest BCUT2D eigenvalue weighted by Crippen LogP contribution is -2.64. The number of carbonyl (C=O) groups excluding carboxylic acids is 1. The van der Waals surface area contributed by atoms with Gasteiger partial charge in [-0.25, -0.2) is 0 Å². The second-order valence-electron chi connectivity index (χ2n) is 10.9. The highest BCUT2D eigenvalue weighted by Gasteiger charge is 2.71. The Labute approximate surface area is 178 Å². The Balaban J connectivity index is 2.57. The van der Waals surface area contributed by atoms with Crippen LogP contribution in [0, 0.1) is 16.7 Å². The van der Waals surface area contributed by atoms with E-state index in [1.165, 1.54) is 0 Å². The highest BCUT2D eigenvalue weighted by molar-refractivity contribution is 6.74. The van der Waals surface area contributed by atoms with Crippen molar-refractivity contribution < 1.29 is 19.1 Å². The fourth-order valence-electron chi connectivity index (χ4n) is 4.60. The number of Topliss-reactive ketones (excluding diaryl/α,β-unsaturated/α-hetero) is 1. The van der Waals surface area contributed by atoms with E-state index < -0.39 is 30.9 Å². The molecule has 1 aliphatic carbocycles. The Morgan fingerprint density at radius 1 is 1.31 bits per heavy atom. The first kappa shape index (κ1) is 24.3. The van der Waals surface area contributed by atoms with Crippen molar-refractivity contribution in [3.63, 3.8) is 0 Å². The molecule has 2 bridgehead atoms. The molecule has 1 saturated heterocycles. The van der Waals surface area contributed by atoms with E-state index in [9.17, 15) is 9.90 Å². The standard InChI is InChI=1S/C24H40O4Si/c1-12-22(8,13-2)19(25)24-15-27-23(9,20(24)26)18(14-17(24)16(3)4)28-29(10,11)21(5,6)7/h12-13,17-19,25H,1-3,14-15H2,4-11H3/t17-,18+,19?,23-,24+/m1/s1. The molecule has 1 aliphatic heterocycles. The monoisotopic (exact) mass is 420 g/mol. The van der Waals surface area contributed by atoms with Crippen molar-refractivity contribution in [3.8, 4) is 0 Å². The molecule has 1 unspecified atom stereocenters. The quantitative estimate of drug-likeness (QED) is 0.462. The first-order valence-corrected chi connectivity index (χ1v) is 13.4. The predicted octanol–water partition coefficient (Wildman–Crippen LogP) is 5.06. The van der Waals surface area contributed by atoms with E-state index in [2.05, 4.69) is 53.6 Å². The van der Waals surface area contributed by atoms with Gasteiger partial charge in [-0.3, -0.25) is 4.79 Å². The van der Waals surface area contributed by atoms with Crippen LogP contribution in [-0.4, -0.2) is 43.6 Å². The van der Waals surface area contributed by atoms with E-state index in [-0.39, 0.29) is 29.5 Å². The van der Waals surface area contributed by atoms with Gasteiger partial charge in [0, 0.05) is 5.41 Å². The summed E-state index contributed by atoms with van der Waals surface area (Å²) < 4.78 is 12.9. The highest BCUT2D eigenvalue weighted by Crippen LogP contribution is 2.58. The molecule has 0 spiro atoms. The number of hydrogen-bond donors (Lipinski definition) is 1. The zero-order valence-electron chi connectivity index (χ0n) is 19.6. The van der Waals surface area contributed by atoms with E-state index in [0.29, 0.717) is 6.42 Å². The van der Waals surface area contributed by atoms with Crippen LogP contribution in [-0.2, 0) is 14.0 Å². The number of ketones is 1. The fourth-order valence-corrected chi connectivity index (χ4v) is 5.98. The summed E-state index contributed by atoms with van der Waals surface area (Å²) in [5.41, 5.74) is -2.11. The van der Waals surface area contributed by atoms with Crippen LogP contribution in [0.4, 0.5) is 0 Å². The lowest BCUT2D eigenvalue weighted by Gasteiger charge is -2.52. The predicted molar refractivity (Wildman–Crippen MR) is 121 cm³/mol. The third-order valence-electron chi connectivity index (χ3n) is 7.97. The van der Waals surface area contributed by atoms with Gasteiger partial charge < -0.3 is 14.3 Å². The van der Waals surface area contributed by atoms with Gasteiger partial charge in [0.25, 0.3) is 0 Å². The van der Waals surface area contributed by atoms with Crippen LogP contribution in [0.25, 0.3) is 0 Å². The summed E-state index contributed by atoms with van der Waals surface area (Å²) >= 11 is 0. The van der Waals surface area contributed by atoms with Crippen molar-refractivity contribution in [2.75, 3.05) is 6.61 Å². The number of aliphatic hydroxyl groups excluding tert-OH is 1. The summed E-state index contributed by atoms with van der Waals surface area (Å²) in [6, 6.07) is 0. The van der Waals surface area contributed by atoms with Gasteiger partial charge in [0.05, 0.1) is 24.2 Å². The minimum atomic E-state index is -2.13. The Morgan fingerprint density at radius 2 is 1.83 bits per heavy atom. The van der Waals surface area contributed by atoms with Crippen molar-refractivity contribution in [2.24, 2.45) is 16.7 Å². The largest absolute Gasteiger partial charge is 0.411 e. The summed E-state index contributed by atoms with van der Waals surface area (Å²) in [6.45, 7) is 28.6. The Morgan fingerprint density at radius 3 is 2.24 bits per heavy atom. The smallest absolute Gasteiger partial charge is 0.192 e. The molecule has 1 heterocycles. The summed E-state index contributed by atoms with van der Waals surface area (Å²) in [7, 11) is -2.13. The summed E-state index contributed by atoms with van der Waals surface area (Å²) in [4.78, 5) is 14.0. The number of ether oxygens (including phenoxy) is 1. The average Bonchev–Trinajstić information content (AvgIpc) is 2.80. The third kappa shape index (κ3) is 3.44. The molecule has 5 atom stereocenters. The topological polar surface area (TPSA) is 55.8 Å². The second-order valence-corrected chi connectivity index (χ2v) is 15.7. The number of hydrogen-bond acceptors (Lipinski definition) is 4. The maximum absolute atomic E-state index is 14.0. The van der Waals surface area contributed by atoms with Crippen LogP contribution < -0.4 is 0 Å². The molecular formula is C24H40O4Si. The molecule has 2 aliphatic rings. The maximum atomic E-state index is 14.0. The molecule has 1 N–H and O–H groups in total. The Kier molecular flexibility index (Phi) is 6.10. The van der Waals surface area contributed by atoms with E-state index in [0.717, 1.165) is 5.57 Å². The molecule has 2 rings (SSSR count). The molecule has 0 aromatic heterocycles. The number of aliphatic hydroxyl groups is 1. The van der Waals surface area contributed by atoms with Gasteiger partial charge in [-0.2, -0.15) is 0 Å². The van der Waals surface area contributed by atoms with Crippen LogP contribution in [0.15, 0.2) is 37.5 Å². The second kappa shape index (κ2) is 7.29. The first-order valence-electron chi connectivity index (χ1n) is 10.5. The van der Waals surface area contributed by atoms with Gasteiger partial charge in [0.2, 0.25) is 0 Å². The average molecular weight is 421 g/mol. The van der Waals surface area contributed by atoms with Crippen LogP contribution >= 0.6 is 0 Å². The number of rotatable bonds is 7. The van der Waals surface area contributed by atoms with Gasteiger partial charge in [-0.1, -0.05) is 52.0 Å². The van der Waals surface area contributed by atoms with Crippen LogP contribution in [0.2, 0.25) is 18.1 Å². The minimum absolute atomic E-state index is 0.0159. The van der Waals surface area contributed by atoms with Crippen LogP contribution in [0.5, 0.6) is 0 Å². The number of carbonyl (C=O) groups is 1. The Hall–Kier alpha value is -1.01. The Bertz CT molecular complexity index is 711. The van der Waals surface area contributed by atoms with Gasteiger partial charge in [0.1, 0.15) is 5.60 Å². The van der Waals surface area contributed by atoms with E-state index in [4.69, 9.17) is 9.16 Å². The van der Waals surface area contributed by atoms with Crippen molar-refractivity contribution in [2.45, 2.75) is 83.9 Å². The minimum Gasteiger partial charge on any atom is -0.411 e. The molecule has 29 heavy (non-hydrogen) atoms. The van der Waals surface area contributed by atoms with Gasteiger partial charge >= 0.3 is 0 Å². The molecular weight excluding hydrogens is 380 g/mol. The zero-order chi connectivity index (χ0) is 22.6. The fraction of sp³-hybridized carbons (Fsp3) is 0.708. The molecule has 5 heteroatoms. The summed E-state index contributed by atoms with van der Waals surface area (Å²) in [5.74, 6) is -0.329. The molecule has 0 aromatic rings. The maximum Gasteiger partial charge on any atom is 0.192 e.